The Bertz CT molecular complexity index is 400. The minimum atomic E-state index is 0.182. The molecule has 1 aliphatic rings. The van der Waals surface area contributed by atoms with Crippen molar-refractivity contribution in [2.75, 3.05) is 6.61 Å². The van der Waals surface area contributed by atoms with Crippen molar-refractivity contribution >= 4 is 0 Å². The van der Waals surface area contributed by atoms with Crippen molar-refractivity contribution < 1.29 is 5.11 Å². The Balaban J connectivity index is 1.68. The molecule has 0 amide bonds. The largest absolute Gasteiger partial charge is 0.396 e. The van der Waals surface area contributed by atoms with Gasteiger partial charge in [0, 0.05) is 6.61 Å². The lowest BCUT2D eigenvalue weighted by Gasteiger charge is -2.44. The fourth-order valence-electron chi connectivity index (χ4n) is 3.56. The molecule has 118 valence electrons. The molecular weight excluding hydrogens is 256 g/mol. The summed E-state index contributed by atoms with van der Waals surface area (Å²) >= 11 is 0. The van der Waals surface area contributed by atoms with E-state index in [9.17, 15) is 5.11 Å². The quantitative estimate of drug-likeness (QED) is 0.598. The number of aliphatic hydroxyl groups is 1. The number of aliphatic hydroxyl groups excluding tert-OH is 1. The van der Waals surface area contributed by atoms with Crippen LogP contribution in [-0.2, 0) is 6.42 Å². The number of hydrogen-bond donors (Lipinski definition) is 1. The van der Waals surface area contributed by atoms with Gasteiger partial charge in [-0.1, -0.05) is 70.2 Å². The average Bonchev–Trinajstić information content (AvgIpc) is 2.48. The molecular formula is C20H32O. The molecule has 0 radical (unpaired) electrons. The number of rotatable bonds is 9. The van der Waals surface area contributed by atoms with Crippen LogP contribution in [0, 0.1) is 5.41 Å². The highest BCUT2D eigenvalue weighted by atomic mass is 16.3. The molecule has 1 aliphatic carbocycles. The van der Waals surface area contributed by atoms with E-state index in [-0.39, 0.29) is 5.41 Å². The molecule has 0 spiro atoms. The molecule has 0 unspecified atom stereocenters. The molecule has 1 saturated carbocycles. The Kier molecular flexibility index (Phi) is 6.29. The lowest BCUT2D eigenvalue weighted by molar-refractivity contribution is 0.0434. The van der Waals surface area contributed by atoms with Crippen molar-refractivity contribution in [1.29, 1.82) is 0 Å². The van der Waals surface area contributed by atoms with Gasteiger partial charge >= 0.3 is 0 Å². The Morgan fingerprint density at radius 1 is 1.00 bits per heavy atom. The van der Waals surface area contributed by atoms with E-state index < -0.39 is 0 Å². The third-order valence-electron chi connectivity index (χ3n) is 5.13. The maximum Gasteiger partial charge on any atom is 0.0485 e. The van der Waals surface area contributed by atoms with Gasteiger partial charge < -0.3 is 5.11 Å². The first-order valence-corrected chi connectivity index (χ1v) is 8.86. The smallest absolute Gasteiger partial charge is 0.0485 e. The molecule has 0 bridgehead atoms. The Hall–Kier alpha value is -0.820. The van der Waals surface area contributed by atoms with Crippen molar-refractivity contribution in [1.82, 2.24) is 0 Å². The van der Waals surface area contributed by atoms with Crippen LogP contribution in [0.4, 0.5) is 0 Å². The van der Waals surface area contributed by atoms with E-state index in [1.807, 2.05) is 0 Å². The van der Waals surface area contributed by atoms with Crippen molar-refractivity contribution in [2.45, 2.75) is 77.6 Å². The monoisotopic (exact) mass is 288 g/mol. The van der Waals surface area contributed by atoms with Gasteiger partial charge in [0.25, 0.3) is 0 Å². The molecule has 0 aliphatic heterocycles. The molecule has 0 heterocycles. The van der Waals surface area contributed by atoms with Crippen LogP contribution in [0.5, 0.6) is 0 Å². The van der Waals surface area contributed by atoms with Gasteiger partial charge in [0.2, 0.25) is 0 Å². The molecule has 1 fully saturated rings. The fraction of sp³-hybridized carbons (Fsp3) is 0.700. The van der Waals surface area contributed by atoms with E-state index in [4.69, 9.17) is 0 Å². The predicted molar refractivity (Wildman–Crippen MR) is 90.7 cm³/mol. The summed E-state index contributed by atoms with van der Waals surface area (Å²) in [7, 11) is 0. The van der Waals surface area contributed by atoms with Gasteiger partial charge in [0.1, 0.15) is 0 Å². The molecule has 1 aromatic rings. The molecule has 0 atom stereocenters. The lowest BCUT2D eigenvalue weighted by Crippen LogP contribution is -2.36. The summed E-state index contributed by atoms with van der Waals surface area (Å²) in [6.45, 7) is 4.79. The molecule has 2 rings (SSSR count). The van der Waals surface area contributed by atoms with E-state index >= 15 is 0 Å². The zero-order valence-electron chi connectivity index (χ0n) is 13.9. The summed E-state index contributed by atoms with van der Waals surface area (Å²) in [6.07, 6.45) is 11.7. The second kappa shape index (κ2) is 7.98. The standard InChI is InChI=1S/C20H32O/c1-3-4-5-6-7-8-9-17-10-12-18(13-11-17)19-14-20(2,15-19)16-21/h10-13,19,21H,3-9,14-16H2,1-2H3. The second-order valence-corrected chi connectivity index (χ2v) is 7.33. The first-order valence-electron chi connectivity index (χ1n) is 8.86. The van der Waals surface area contributed by atoms with Crippen LogP contribution >= 0.6 is 0 Å². The summed E-state index contributed by atoms with van der Waals surface area (Å²) in [4.78, 5) is 0. The summed E-state index contributed by atoms with van der Waals surface area (Å²) in [5.74, 6) is 0.672. The van der Waals surface area contributed by atoms with Gasteiger partial charge in [-0.05, 0) is 48.1 Å². The van der Waals surface area contributed by atoms with E-state index in [1.54, 1.807) is 0 Å². The van der Waals surface area contributed by atoms with Crippen molar-refractivity contribution in [3.05, 3.63) is 35.4 Å². The SMILES string of the molecule is CCCCCCCCc1ccc(C2CC(C)(CO)C2)cc1. The Morgan fingerprint density at radius 3 is 2.24 bits per heavy atom. The molecule has 0 aromatic heterocycles. The van der Waals surface area contributed by atoms with Gasteiger partial charge in [0.05, 0.1) is 0 Å². The van der Waals surface area contributed by atoms with Crippen LogP contribution in [0.2, 0.25) is 0 Å². The normalized spacial score (nSPS) is 24.8. The average molecular weight is 288 g/mol. The topological polar surface area (TPSA) is 20.2 Å². The zero-order valence-corrected chi connectivity index (χ0v) is 13.9. The first kappa shape index (κ1) is 16.5. The van der Waals surface area contributed by atoms with Crippen LogP contribution in [0.25, 0.3) is 0 Å². The van der Waals surface area contributed by atoms with Gasteiger partial charge in [-0.3, -0.25) is 0 Å². The Morgan fingerprint density at radius 2 is 1.62 bits per heavy atom. The van der Waals surface area contributed by atoms with E-state index in [0.29, 0.717) is 12.5 Å². The number of benzene rings is 1. The van der Waals surface area contributed by atoms with Crippen molar-refractivity contribution in [3.8, 4) is 0 Å². The molecule has 0 saturated heterocycles. The molecule has 1 heteroatoms. The van der Waals surface area contributed by atoms with Crippen LogP contribution in [0.1, 0.15) is 82.3 Å². The third-order valence-corrected chi connectivity index (χ3v) is 5.13. The minimum absolute atomic E-state index is 0.182. The number of hydrogen-bond acceptors (Lipinski definition) is 1. The van der Waals surface area contributed by atoms with Crippen LogP contribution in [-0.4, -0.2) is 11.7 Å². The highest BCUT2D eigenvalue weighted by Crippen LogP contribution is 2.50. The predicted octanol–water partition coefficient (Wildman–Crippen LogP) is 5.47. The summed E-state index contributed by atoms with van der Waals surface area (Å²) in [6, 6.07) is 9.26. The van der Waals surface area contributed by atoms with Gasteiger partial charge in [0.15, 0.2) is 0 Å². The Labute approximate surface area is 130 Å². The van der Waals surface area contributed by atoms with Gasteiger partial charge in [-0.15, -0.1) is 0 Å². The highest BCUT2D eigenvalue weighted by Gasteiger charge is 2.40. The fourth-order valence-corrected chi connectivity index (χ4v) is 3.56. The van der Waals surface area contributed by atoms with Crippen LogP contribution < -0.4 is 0 Å². The molecule has 21 heavy (non-hydrogen) atoms. The molecule has 1 aromatic carbocycles. The zero-order chi connectivity index (χ0) is 15.1. The lowest BCUT2D eigenvalue weighted by atomic mass is 9.61. The van der Waals surface area contributed by atoms with E-state index in [1.165, 1.54) is 56.1 Å². The second-order valence-electron chi connectivity index (χ2n) is 7.33. The summed E-state index contributed by atoms with van der Waals surface area (Å²) in [5.41, 5.74) is 3.13. The van der Waals surface area contributed by atoms with E-state index in [2.05, 4.69) is 38.1 Å². The van der Waals surface area contributed by atoms with Crippen LogP contribution in [0.3, 0.4) is 0 Å². The van der Waals surface area contributed by atoms with Crippen molar-refractivity contribution in [3.63, 3.8) is 0 Å². The first-order chi connectivity index (χ1) is 10.2. The third kappa shape index (κ3) is 4.85. The molecule has 1 N–H and O–H groups in total. The number of unbranched alkanes of at least 4 members (excludes halogenated alkanes) is 5. The van der Waals surface area contributed by atoms with Crippen LogP contribution in [0.15, 0.2) is 24.3 Å². The van der Waals surface area contributed by atoms with Crippen molar-refractivity contribution in [2.24, 2.45) is 5.41 Å². The maximum atomic E-state index is 9.33. The van der Waals surface area contributed by atoms with Gasteiger partial charge in [-0.2, -0.15) is 0 Å². The van der Waals surface area contributed by atoms with Gasteiger partial charge in [-0.25, -0.2) is 0 Å². The molecule has 1 nitrogen and oxygen atoms in total. The summed E-state index contributed by atoms with van der Waals surface area (Å²) in [5, 5.41) is 9.33. The maximum absolute atomic E-state index is 9.33. The number of aryl methyl sites for hydroxylation is 1. The van der Waals surface area contributed by atoms with E-state index in [0.717, 1.165) is 12.8 Å². The minimum Gasteiger partial charge on any atom is -0.396 e. The highest BCUT2D eigenvalue weighted by molar-refractivity contribution is 5.28. The summed E-state index contributed by atoms with van der Waals surface area (Å²) < 4.78 is 0.